The van der Waals surface area contributed by atoms with E-state index >= 15 is 0 Å². The summed E-state index contributed by atoms with van der Waals surface area (Å²) >= 11 is 0. The third-order valence-corrected chi connectivity index (χ3v) is 5.37. The van der Waals surface area contributed by atoms with Crippen molar-refractivity contribution >= 4 is 22.7 Å². The average molecular weight is 450 g/mol. The maximum absolute atomic E-state index is 9.88. The summed E-state index contributed by atoms with van der Waals surface area (Å²) in [6.07, 6.45) is 4.26. The number of hydrogen-bond donors (Lipinski definition) is 1. The first kappa shape index (κ1) is 22.9. The number of ether oxygens (including phenoxy) is 2. The molecule has 0 atom stereocenters. The fourth-order valence-electron chi connectivity index (χ4n) is 3.80. The van der Waals surface area contributed by atoms with Gasteiger partial charge in [-0.2, -0.15) is 5.26 Å². The number of nitriles is 1. The van der Waals surface area contributed by atoms with E-state index in [1.54, 1.807) is 0 Å². The van der Waals surface area contributed by atoms with Gasteiger partial charge in [0.2, 0.25) is 0 Å². The number of hydrogen-bond acceptors (Lipinski definition) is 4. The van der Waals surface area contributed by atoms with Crippen molar-refractivity contribution in [3.05, 3.63) is 101 Å². The number of fused-ring (bicyclic) bond motifs is 1. The van der Waals surface area contributed by atoms with Crippen LogP contribution in [0.25, 0.3) is 22.7 Å². The molecule has 3 aromatic carbocycles. The summed E-state index contributed by atoms with van der Waals surface area (Å²) in [4.78, 5) is 7.86. The normalized spacial score (nSPS) is 11.3. The van der Waals surface area contributed by atoms with Crippen molar-refractivity contribution in [1.29, 1.82) is 5.26 Å². The molecule has 0 saturated carbocycles. The number of rotatable bonds is 9. The molecule has 1 aromatic heterocycles. The summed E-state index contributed by atoms with van der Waals surface area (Å²) in [5.74, 6) is 1.87. The van der Waals surface area contributed by atoms with Crippen LogP contribution < -0.4 is 9.47 Å². The van der Waals surface area contributed by atoms with Crippen LogP contribution in [0.2, 0.25) is 0 Å². The first-order valence-corrected chi connectivity index (χ1v) is 11.3. The maximum Gasteiger partial charge on any atom is 0.165 e. The molecule has 0 radical (unpaired) electrons. The van der Waals surface area contributed by atoms with Crippen LogP contribution in [0.15, 0.2) is 73.3 Å². The van der Waals surface area contributed by atoms with Crippen molar-refractivity contribution in [2.75, 3.05) is 6.61 Å². The molecular formula is C29H27N3O2. The number of benzene rings is 3. The topological polar surface area (TPSA) is 70.9 Å². The van der Waals surface area contributed by atoms with Crippen molar-refractivity contribution in [2.45, 2.75) is 26.9 Å². The van der Waals surface area contributed by atoms with Gasteiger partial charge >= 0.3 is 0 Å². The predicted octanol–water partition coefficient (Wildman–Crippen LogP) is 6.64. The Balaban J connectivity index is 1.73. The number of aryl methyl sites for hydroxylation is 1. The Morgan fingerprint density at radius 3 is 2.68 bits per heavy atom. The van der Waals surface area contributed by atoms with Gasteiger partial charge in [-0.15, -0.1) is 6.58 Å². The van der Waals surface area contributed by atoms with Crippen LogP contribution in [0.3, 0.4) is 0 Å². The Morgan fingerprint density at radius 2 is 1.94 bits per heavy atom. The second kappa shape index (κ2) is 10.5. The van der Waals surface area contributed by atoms with Gasteiger partial charge in [-0.1, -0.05) is 42.5 Å². The molecule has 0 aliphatic rings. The zero-order chi connectivity index (χ0) is 23.9. The Bertz CT molecular complexity index is 1380. The highest BCUT2D eigenvalue weighted by atomic mass is 16.5. The number of aromatic nitrogens is 2. The minimum absolute atomic E-state index is 0.433. The lowest BCUT2D eigenvalue weighted by Gasteiger charge is -2.17. The monoisotopic (exact) mass is 449 g/mol. The van der Waals surface area contributed by atoms with E-state index in [0.29, 0.717) is 42.5 Å². The van der Waals surface area contributed by atoms with Crippen LogP contribution in [-0.2, 0) is 13.0 Å². The number of allylic oxidation sites excluding steroid dienone is 2. The first-order valence-electron chi connectivity index (χ1n) is 11.3. The molecular weight excluding hydrogens is 422 g/mol. The van der Waals surface area contributed by atoms with Gasteiger partial charge in [-0.05, 0) is 67.3 Å². The SMILES string of the molecule is C=CCc1cc(C=C(C#N)c2nc3ccc(C)cc3[nH]2)cc(OCC)c1OCc1ccccc1. The molecule has 170 valence electrons. The van der Waals surface area contributed by atoms with Crippen LogP contribution in [0, 0.1) is 18.3 Å². The van der Waals surface area contributed by atoms with Gasteiger partial charge in [0.1, 0.15) is 18.5 Å². The smallest absolute Gasteiger partial charge is 0.165 e. The minimum Gasteiger partial charge on any atom is -0.490 e. The average Bonchev–Trinajstić information content (AvgIpc) is 3.26. The summed E-state index contributed by atoms with van der Waals surface area (Å²) < 4.78 is 12.1. The molecule has 0 aliphatic carbocycles. The largest absolute Gasteiger partial charge is 0.490 e. The summed E-state index contributed by atoms with van der Waals surface area (Å²) in [5, 5.41) is 9.88. The standard InChI is InChI=1S/C29H27N3O2/c1-4-9-23-15-22(16-24(18-30)29-31-25-13-12-20(3)14-26(25)32-29)17-27(33-5-2)28(23)34-19-21-10-7-6-8-11-21/h4,6-8,10-17H,1,5,9,19H2,2-3H3,(H,31,32). The Labute approximate surface area is 200 Å². The lowest BCUT2D eigenvalue weighted by Crippen LogP contribution is -2.03. The van der Waals surface area contributed by atoms with Crippen LogP contribution in [0.4, 0.5) is 0 Å². The van der Waals surface area contributed by atoms with Crippen molar-refractivity contribution in [3.8, 4) is 17.6 Å². The Morgan fingerprint density at radius 1 is 1.12 bits per heavy atom. The van der Waals surface area contributed by atoms with Crippen molar-refractivity contribution in [2.24, 2.45) is 0 Å². The highest BCUT2D eigenvalue weighted by molar-refractivity contribution is 5.90. The summed E-state index contributed by atoms with van der Waals surface area (Å²) in [7, 11) is 0. The van der Waals surface area contributed by atoms with Gasteiger partial charge in [0, 0.05) is 5.56 Å². The summed E-state index contributed by atoms with van der Waals surface area (Å²) in [6.45, 7) is 8.79. The van der Waals surface area contributed by atoms with E-state index < -0.39 is 0 Å². The molecule has 1 heterocycles. The number of aromatic amines is 1. The molecule has 0 spiro atoms. The molecule has 4 rings (SSSR count). The zero-order valence-electron chi connectivity index (χ0n) is 19.5. The molecule has 34 heavy (non-hydrogen) atoms. The third-order valence-electron chi connectivity index (χ3n) is 5.37. The number of nitrogens with zero attached hydrogens (tertiary/aromatic N) is 2. The van der Waals surface area contributed by atoms with Gasteiger partial charge in [-0.25, -0.2) is 4.98 Å². The van der Waals surface area contributed by atoms with Crippen LogP contribution >= 0.6 is 0 Å². The van der Waals surface area contributed by atoms with Gasteiger partial charge in [0.05, 0.1) is 23.2 Å². The predicted molar refractivity (Wildman–Crippen MR) is 137 cm³/mol. The Hall–Kier alpha value is -4.30. The van der Waals surface area contributed by atoms with E-state index in [9.17, 15) is 5.26 Å². The van der Waals surface area contributed by atoms with Gasteiger partial charge in [0.25, 0.3) is 0 Å². The maximum atomic E-state index is 9.88. The van der Waals surface area contributed by atoms with Crippen molar-refractivity contribution in [3.63, 3.8) is 0 Å². The van der Waals surface area contributed by atoms with E-state index in [2.05, 4.69) is 22.6 Å². The van der Waals surface area contributed by atoms with Gasteiger partial charge < -0.3 is 14.5 Å². The zero-order valence-corrected chi connectivity index (χ0v) is 19.5. The van der Waals surface area contributed by atoms with E-state index in [4.69, 9.17) is 9.47 Å². The molecule has 1 N–H and O–H groups in total. The van der Waals surface area contributed by atoms with Crippen LogP contribution in [0.5, 0.6) is 11.5 Å². The number of imidazole rings is 1. The molecule has 0 bridgehead atoms. The summed E-state index contributed by atoms with van der Waals surface area (Å²) in [6, 6.07) is 22.2. The van der Waals surface area contributed by atoms with Gasteiger partial charge in [-0.3, -0.25) is 0 Å². The fraction of sp³-hybridized carbons (Fsp3) is 0.172. The van der Waals surface area contributed by atoms with Crippen molar-refractivity contribution in [1.82, 2.24) is 9.97 Å². The lowest BCUT2D eigenvalue weighted by atomic mass is 10.0. The first-order chi connectivity index (χ1) is 16.6. The van der Waals surface area contributed by atoms with Gasteiger partial charge in [0.15, 0.2) is 11.5 Å². The molecule has 0 saturated heterocycles. The summed E-state index contributed by atoms with van der Waals surface area (Å²) in [5.41, 5.74) is 6.16. The fourth-order valence-corrected chi connectivity index (χ4v) is 3.80. The molecule has 5 nitrogen and oxygen atoms in total. The van der Waals surface area contributed by atoms with Crippen molar-refractivity contribution < 1.29 is 9.47 Å². The van der Waals surface area contributed by atoms with Crippen LogP contribution in [0.1, 0.15) is 35.0 Å². The third kappa shape index (κ3) is 5.19. The van der Waals surface area contributed by atoms with Crippen LogP contribution in [-0.4, -0.2) is 16.6 Å². The minimum atomic E-state index is 0.433. The van der Waals surface area contributed by atoms with E-state index in [1.165, 1.54) is 0 Å². The quantitative estimate of drug-likeness (QED) is 0.230. The molecule has 0 aliphatic heterocycles. The second-order valence-electron chi connectivity index (χ2n) is 7.98. The lowest BCUT2D eigenvalue weighted by molar-refractivity contribution is 0.267. The number of nitrogens with one attached hydrogen (secondary N) is 1. The van der Waals surface area contributed by atoms with E-state index in [0.717, 1.165) is 33.3 Å². The Kier molecular flexibility index (Phi) is 7.10. The highest BCUT2D eigenvalue weighted by Gasteiger charge is 2.15. The van der Waals surface area contributed by atoms with E-state index in [-0.39, 0.29) is 0 Å². The molecule has 5 heteroatoms. The molecule has 4 aromatic rings. The highest BCUT2D eigenvalue weighted by Crippen LogP contribution is 2.36. The molecule has 0 amide bonds. The van der Waals surface area contributed by atoms with E-state index in [1.807, 2.05) is 86.7 Å². The molecule has 0 fully saturated rings. The molecule has 0 unspecified atom stereocenters. The number of H-pyrrole nitrogens is 1. The second-order valence-corrected chi connectivity index (χ2v) is 7.98.